The largest absolute Gasteiger partial charge is 0.465 e. The summed E-state index contributed by atoms with van der Waals surface area (Å²) in [5, 5.41) is 3.12. The molecule has 1 aliphatic rings. The highest BCUT2D eigenvalue weighted by Gasteiger charge is 2.17. The van der Waals surface area contributed by atoms with Crippen LogP contribution in [0.2, 0.25) is 0 Å². The zero-order valence-corrected chi connectivity index (χ0v) is 16.3. The fraction of sp³-hybridized carbons (Fsp3) is 0.286. The predicted molar refractivity (Wildman–Crippen MR) is 108 cm³/mol. The van der Waals surface area contributed by atoms with Gasteiger partial charge in [-0.1, -0.05) is 0 Å². The highest BCUT2D eigenvalue weighted by atomic mass is 19.1. The van der Waals surface area contributed by atoms with Crippen molar-refractivity contribution >= 4 is 28.5 Å². The van der Waals surface area contributed by atoms with E-state index in [1.807, 2.05) is 0 Å². The summed E-state index contributed by atoms with van der Waals surface area (Å²) < 4.78 is 37.2. The summed E-state index contributed by atoms with van der Waals surface area (Å²) in [5.74, 6) is -1.14. The smallest absolute Gasteiger partial charge is 0.338 e. The van der Waals surface area contributed by atoms with Gasteiger partial charge in [-0.2, -0.15) is 0 Å². The minimum atomic E-state index is -0.658. The van der Waals surface area contributed by atoms with Crippen molar-refractivity contribution in [3.8, 4) is 0 Å². The molecular weight excluding hydrogens is 394 g/mol. The van der Waals surface area contributed by atoms with Crippen molar-refractivity contribution < 1.29 is 23.0 Å². The van der Waals surface area contributed by atoms with E-state index in [9.17, 15) is 13.6 Å². The van der Waals surface area contributed by atoms with Gasteiger partial charge in [-0.05, 0) is 29.8 Å². The molecule has 2 aromatic carbocycles. The Morgan fingerprint density at radius 2 is 1.90 bits per heavy atom. The quantitative estimate of drug-likeness (QED) is 0.643. The van der Waals surface area contributed by atoms with Gasteiger partial charge >= 0.3 is 5.97 Å². The zero-order chi connectivity index (χ0) is 21.1. The first-order chi connectivity index (χ1) is 14.5. The predicted octanol–water partition coefficient (Wildman–Crippen LogP) is 3.14. The second-order valence-electron chi connectivity index (χ2n) is 6.84. The molecule has 2 heterocycles. The third-order valence-corrected chi connectivity index (χ3v) is 4.80. The molecule has 7 nitrogen and oxygen atoms in total. The van der Waals surface area contributed by atoms with E-state index < -0.39 is 17.6 Å². The third-order valence-electron chi connectivity index (χ3n) is 4.80. The lowest BCUT2D eigenvalue weighted by Crippen LogP contribution is -2.36. The summed E-state index contributed by atoms with van der Waals surface area (Å²) in [4.78, 5) is 23.3. The number of carbonyl (C=O) groups is 1. The van der Waals surface area contributed by atoms with E-state index >= 15 is 0 Å². The van der Waals surface area contributed by atoms with Gasteiger partial charge in [0.1, 0.15) is 23.0 Å². The molecule has 9 heteroatoms. The van der Waals surface area contributed by atoms with Crippen LogP contribution in [-0.2, 0) is 16.0 Å². The molecule has 30 heavy (non-hydrogen) atoms. The summed E-state index contributed by atoms with van der Waals surface area (Å²) in [6, 6.07) is 6.50. The van der Waals surface area contributed by atoms with Crippen molar-refractivity contribution in [3.05, 3.63) is 59.3 Å². The summed E-state index contributed by atoms with van der Waals surface area (Å²) in [7, 11) is 1.29. The van der Waals surface area contributed by atoms with Crippen LogP contribution in [0.3, 0.4) is 0 Å². The molecule has 0 unspecified atom stereocenters. The average Bonchev–Trinajstić information content (AvgIpc) is 2.76. The first-order valence-corrected chi connectivity index (χ1v) is 9.44. The van der Waals surface area contributed by atoms with Gasteiger partial charge < -0.3 is 19.7 Å². The van der Waals surface area contributed by atoms with E-state index in [0.717, 1.165) is 6.07 Å². The molecule has 1 aromatic heterocycles. The third kappa shape index (κ3) is 4.30. The second-order valence-corrected chi connectivity index (χ2v) is 6.84. The van der Waals surface area contributed by atoms with Crippen molar-refractivity contribution in [2.75, 3.05) is 43.6 Å². The standard InChI is InChI=1S/C21H20F2N4O3/c1-29-21(28)14-8-17(24-11-13-6-15(22)10-16(23)7-13)20-18(9-14)25-12-19(26-20)27-2-4-30-5-3-27/h6-10,12,24H,2-5,11H2,1H3. The van der Waals surface area contributed by atoms with E-state index in [4.69, 9.17) is 14.5 Å². The van der Waals surface area contributed by atoms with E-state index in [1.165, 1.54) is 19.2 Å². The minimum Gasteiger partial charge on any atom is -0.465 e. The molecule has 4 rings (SSSR count). The summed E-state index contributed by atoms with van der Waals surface area (Å²) >= 11 is 0. The monoisotopic (exact) mass is 414 g/mol. The molecule has 0 amide bonds. The number of ether oxygens (including phenoxy) is 2. The molecule has 0 bridgehead atoms. The number of anilines is 2. The lowest BCUT2D eigenvalue weighted by atomic mass is 10.1. The maximum Gasteiger partial charge on any atom is 0.338 e. The molecule has 0 saturated carbocycles. The minimum absolute atomic E-state index is 0.137. The molecule has 1 saturated heterocycles. The van der Waals surface area contributed by atoms with Crippen LogP contribution in [0, 0.1) is 11.6 Å². The second kappa shape index (κ2) is 8.58. The first-order valence-electron chi connectivity index (χ1n) is 9.44. The van der Waals surface area contributed by atoms with Gasteiger partial charge in [-0.15, -0.1) is 0 Å². The highest BCUT2D eigenvalue weighted by Crippen LogP contribution is 2.26. The Kier molecular flexibility index (Phi) is 5.71. The molecule has 0 atom stereocenters. The number of hydrogen-bond acceptors (Lipinski definition) is 7. The van der Waals surface area contributed by atoms with Crippen molar-refractivity contribution in [2.45, 2.75) is 6.54 Å². The number of fused-ring (bicyclic) bond motifs is 1. The fourth-order valence-electron chi connectivity index (χ4n) is 3.33. The van der Waals surface area contributed by atoms with E-state index in [2.05, 4.69) is 15.2 Å². The zero-order valence-electron chi connectivity index (χ0n) is 16.3. The van der Waals surface area contributed by atoms with Crippen LogP contribution < -0.4 is 10.2 Å². The Morgan fingerprint density at radius 3 is 2.60 bits per heavy atom. The molecule has 1 fully saturated rings. The van der Waals surface area contributed by atoms with Crippen LogP contribution in [0.5, 0.6) is 0 Å². The first kappa shape index (κ1) is 20.0. The number of halogens is 2. The van der Waals surface area contributed by atoms with Gasteiger partial charge in [0, 0.05) is 25.7 Å². The van der Waals surface area contributed by atoms with Gasteiger partial charge in [-0.25, -0.2) is 18.6 Å². The average molecular weight is 414 g/mol. The van der Waals surface area contributed by atoms with Gasteiger partial charge in [0.15, 0.2) is 0 Å². The number of aromatic nitrogens is 2. The molecule has 156 valence electrons. The van der Waals surface area contributed by atoms with Crippen LogP contribution >= 0.6 is 0 Å². The number of nitrogens with zero attached hydrogens (tertiary/aromatic N) is 3. The highest BCUT2D eigenvalue weighted by molar-refractivity contribution is 5.98. The number of carbonyl (C=O) groups excluding carboxylic acids is 1. The number of morpholine rings is 1. The Balaban J connectivity index is 1.72. The van der Waals surface area contributed by atoms with Crippen molar-refractivity contribution in [2.24, 2.45) is 0 Å². The topological polar surface area (TPSA) is 76.6 Å². The number of esters is 1. The SMILES string of the molecule is COC(=O)c1cc(NCc2cc(F)cc(F)c2)c2nc(N3CCOCC3)cnc2c1. The van der Waals surface area contributed by atoms with Crippen LogP contribution in [0.15, 0.2) is 36.5 Å². The summed E-state index contributed by atoms with van der Waals surface area (Å²) in [5.41, 5.74) is 2.28. The molecule has 3 aromatic rings. The maximum atomic E-state index is 13.5. The van der Waals surface area contributed by atoms with Crippen LogP contribution in [0.4, 0.5) is 20.3 Å². The molecule has 0 radical (unpaired) electrons. The number of hydrogen-bond donors (Lipinski definition) is 1. The molecule has 1 N–H and O–H groups in total. The van der Waals surface area contributed by atoms with E-state index in [1.54, 1.807) is 18.3 Å². The molecule has 0 spiro atoms. The molecule has 0 aliphatic carbocycles. The normalized spacial score (nSPS) is 14.0. The molecule has 1 aliphatic heterocycles. The van der Waals surface area contributed by atoms with Gasteiger partial charge in [0.25, 0.3) is 0 Å². The van der Waals surface area contributed by atoms with Crippen LogP contribution in [0.25, 0.3) is 11.0 Å². The Morgan fingerprint density at radius 1 is 1.17 bits per heavy atom. The molecular formula is C21H20F2N4O3. The van der Waals surface area contributed by atoms with Crippen molar-refractivity contribution in [1.82, 2.24) is 9.97 Å². The summed E-state index contributed by atoms with van der Waals surface area (Å²) in [6.45, 7) is 2.75. The Bertz CT molecular complexity index is 1070. The van der Waals surface area contributed by atoms with Crippen LogP contribution in [-0.4, -0.2) is 49.4 Å². The van der Waals surface area contributed by atoms with Crippen molar-refractivity contribution in [3.63, 3.8) is 0 Å². The summed E-state index contributed by atoms with van der Waals surface area (Å²) in [6.07, 6.45) is 1.65. The van der Waals surface area contributed by atoms with Gasteiger partial charge in [-0.3, -0.25) is 4.98 Å². The number of nitrogens with one attached hydrogen (secondary N) is 1. The lowest BCUT2D eigenvalue weighted by Gasteiger charge is -2.27. The maximum absolute atomic E-state index is 13.5. The van der Waals surface area contributed by atoms with Crippen LogP contribution in [0.1, 0.15) is 15.9 Å². The fourth-order valence-corrected chi connectivity index (χ4v) is 3.33. The van der Waals surface area contributed by atoms with Gasteiger partial charge in [0.2, 0.25) is 0 Å². The number of rotatable bonds is 5. The Hall–Kier alpha value is -3.33. The lowest BCUT2D eigenvalue weighted by molar-refractivity contribution is 0.0601. The number of benzene rings is 2. The van der Waals surface area contributed by atoms with E-state index in [0.29, 0.717) is 60.0 Å². The van der Waals surface area contributed by atoms with Gasteiger partial charge in [0.05, 0.1) is 43.3 Å². The Labute approximate surface area is 171 Å². The van der Waals surface area contributed by atoms with E-state index in [-0.39, 0.29) is 6.54 Å². The number of methoxy groups -OCH3 is 1. The van der Waals surface area contributed by atoms with Crippen molar-refractivity contribution in [1.29, 1.82) is 0 Å².